The van der Waals surface area contributed by atoms with Gasteiger partial charge >= 0.3 is 0 Å². The Balaban J connectivity index is 3.04. The molecule has 1 nitrogen and oxygen atoms in total. The van der Waals surface area contributed by atoms with Gasteiger partial charge in [-0.05, 0) is 24.1 Å². The highest BCUT2D eigenvalue weighted by molar-refractivity contribution is 5.37. The molecule has 0 aliphatic carbocycles. The van der Waals surface area contributed by atoms with Crippen LogP contribution in [0.4, 0.5) is 4.39 Å². The van der Waals surface area contributed by atoms with Gasteiger partial charge < -0.3 is 4.74 Å². The zero-order valence-electron chi connectivity index (χ0n) is 8.38. The van der Waals surface area contributed by atoms with Gasteiger partial charge in [0.05, 0.1) is 7.11 Å². The van der Waals surface area contributed by atoms with Crippen LogP contribution in [-0.4, -0.2) is 7.11 Å². The summed E-state index contributed by atoms with van der Waals surface area (Å²) in [5.74, 6) is 3.10. The summed E-state index contributed by atoms with van der Waals surface area (Å²) in [6.07, 6.45) is 5.79. The number of ether oxygens (including phenoxy) is 1. The normalized spacial score (nSPS) is 11.9. The summed E-state index contributed by atoms with van der Waals surface area (Å²) in [6.45, 7) is 1.96. The predicted octanol–water partition coefficient (Wildman–Crippen LogP) is 2.96. The highest BCUT2D eigenvalue weighted by Crippen LogP contribution is 2.28. The van der Waals surface area contributed by atoms with Gasteiger partial charge in [0.2, 0.25) is 0 Å². The minimum atomic E-state index is -0.260. The van der Waals surface area contributed by atoms with Crippen molar-refractivity contribution >= 4 is 0 Å². The summed E-state index contributed by atoms with van der Waals surface area (Å²) in [5.41, 5.74) is 0.824. The van der Waals surface area contributed by atoms with Crippen LogP contribution in [0, 0.1) is 18.2 Å². The van der Waals surface area contributed by atoms with Crippen LogP contribution in [-0.2, 0) is 0 Å². The van der Waals surface area contributed by atoms with E-state index in [9.17, 15) is 4.39 Å². The fraction of sp³-hybridized carbons (Fsp3) is 0.333. The highest BCUT2D eigenvalue weighted by Gasteiger charge is 2.11. The topological polar surface area (TPSA) is 9.23 Å². The predicted molar refractivity (Wildman–Crippen MR) is 54.8 cm³/mol. The highest BCUT2D eigenvalue weighted by atomic mass is 19.1. The standard InChI is InChI=1S/C12H13FO/c1-4-5-9(2)11-8-10(13)6-7-12(11)14-3/h1,6-9H,5H2,2-3H3. The first-order valence-electron chi connectivity index (χ1n) is 4.46. The van der Waals surface area contributed by atoms with Crippen molar-refractivity contribution in [2.45, 2.75) is 19.3 Å². The van der Waals surface area contributed by atoms with Crippen LogP contribution < -0.4 is 4.74 Å². The molecule has 0 saturated carbocycles. The van der Waals surface area contributed by atoms with Crippen molar-refractivity contribution < 1.29 is 9.13 Å². The smallest absolute Gasteiger partial charge is 0.123 e. The molecule has 1 aromatic rings. The molecule has 0 heterocycles. The summed E-state index contributed by atoms with van der Waals surface area (Å²) in [6, 6.07) is 4.48. The lowest BCUT2D eigenvalue weighted by Crippen LogP contribution is -1.97. The van der Waals surface area contributed by atoms with Gasteiger partial charge in [0, 0.05) is 12.0 Å². The first-order chi connectivity index (χ1) is 6.69. The molecule has 0 aromatic heterocycles. The Morgan fingerprint density at radius 2 is 2.29 bits per heavy atom. The number of hydrogen-bond acceptors (Lipinski definition) is 1. The first-order valence-corrected chi connectivity index (χ1v) is 4.46. The van der Waals surface area contributed by atoms with Gasteiger partial charge in [-0.2, -0.15) is 0 Å². The molecule has 0 spiro atoms. The van der Waals surface area contributed by atoms with Crippen molar-refractivity contribution in [3.63, 3.8) is 0 Å². The monoisotopic (exact) mass is 192 g/mol. The zero-order chi connectivity index (χ0) is 10.6. The molecule has 0 radical (unpaired) electrons. The summed E-state index contributed by atoms with van der Waals surface area (Å²) in [7, 11) is 1.57. The van der Waals surface area contributed by atoms with Crippen molar-refractivity contribution in [2.24, 2.45) is 0 Å². The molecule has 0 N–H and O–H groups in total. The minimum Gasteiger partial charge on any atom is -0.496 e. The summed E-state index contributed by atoms with van der Waals surface area (Å²) in [4.78, 5) is 0. The summed E-state index contributed by atoms with van der Waals surface area (Å²) in [5, 5.41) is 0. The van der Waals surface area contributed by atoms with E-state index < -0.39 is 0 Å². The van der Waals surface area contributed by atoms with Crippen molar-refractivity contribution in [1.29, 1.82) is 0 Å². The second-order valence-corrected chi connectivity index (χ2v) is 3.20. The Hall–Kier alpha value is -1.49. The lowest BCUT2D eigenvalue weighted by atomic mass is 9.97. The molecule has 1 unspecified atom stereocenters. The molecule has 0 aliphatic heterocycles. The molecular weight excluding hydrogens is 179 g/mol. The van der Waals surface area contributed by atoms with E-state index in [4.69, 9.17) is 11.2 Å². The zero-order valence-corrected chi connectivity index (χ0v) is 8.38. The van der Waals surface area contributed by atoms with Crippen molar-refractivity contribution in [1.82, 2.24) is 0 Å². The summed E-state index contributed by atoms with van der Waals surface area (Å²) >= 11 is 0. The second-order valence-electron chi connectivity index (χ2n) is 3.20. The molecule has 0 aliphatic rings. The lowest BCUT2D eigenvalue weighted by Gasteiger charge is -2.13. The van der Waals surface area contributed by atoms with E-state index in [0.717, 1.165) is 5.56 Å². The Morgan fingerprint density at radius 3 is 2.86 bits per heavy atom. The second kappa shape index (κ2) is 4.66. The number of terminal acetylenes is 1. The third kappa shape index (κ3) is 2.26. The molecule has 1 aromatic carbocycles. The molecular formula is C12H13FO. The Kier molecular flexibility index (Phi) is 3.53. The van der Waals surface area contributed by atoms with E-state index in [0.29, 0.717) is 12.2 Å². The maximum absolute atomic E-state index is 13.0. The van der Waals surface area contributed by atoms with E-state index >= 15 is 0 Å². The van der Waals surface area contributed by atoms with E-state index in [2.05, 4.69) is 5.92 Å². The van der Waals surface area contributed by atoms with Crippen LogP contribution in [0.2, 0.25) is 0 Å². The molecule has 1 atom stereocenters. The maximum Gasteiger partial charge on any atom is 0.123 e. The molecule has 0 fully saturated rings. The van der Waals surface area contributed by atoms with Gasteiger partial charge in [0.25, 0.3) is 0 Å². The van der Waals surface area contributed by atoms with Crippen molar-refractivity contribution in [3.8, 4) is 18.1 Å². The van der Waals surface area contributed by atoms with Gasteiger partial charge in [-0.1, -0.05) is 6.92 Å². The van der Waals surface area contributed by atoms with Gasteiger partial charge in [-0.3, -0.25) is 0 Å². The fourth-order valence-corrected chi connectivity index (χ4v) is 1.38. The van der Waals surface area contributed by atoms with Crippen LogP contribution in [0.3, 0.4) is 0 Å². The minimum absolute atomic E-state index is 0.116. The van der Waals surface area contributed by atoms with Crippen LogP contribution in [0.5, 0.6) is 5.75 Å². The Morgan fingerprint density at radius 1 is 1.57 bits per heavy atom. The molecule has 14 heavy (non-hydrogen) atoms. The Labute approximate surface area is 83.9 Å². The van der Waals surface area contributed by atoms with E-state index in [1.807, 2.05) is 6.92 Å². The van der Waals surface area contributed by atoms with Gasteiger partial charge in [0.1, 0.15) is 11.6 Å². The van der Waals surface area contributed by atoms with Gasteiger partial charge in [-0.15, -0.1) is 12.3 Å². The first kappa shape index (κ1) is 10.6. The molecule has 1 rings (SSSR count). The fourth-order valence-electron chi connectivity index (χ4n) is 1.38. The molecule has 0 saturated heterocycles. The molecule has 74 valence electrons. The van der Waals surface area contributed by atoms with Crippen molar-refractivity contribution in [3.05, 3.63) is 29.6 Å². The average Bonchev–Trinajstić information content (AvgIpc) is 2.18. The average molecular weight is 192 g/mol. The number of rotatable bonds is 3. The largest absolute Gasteiger partial charge is 0.496 e. The van der Waals surface area contributed by atoms with Crippen LogP contribution in [0.25, 0.3) is 0 Å². The molecule has 2 heteroatoms. The van der Waals surface area contributed by atoms with Crippen molar-refractivity contribution in [2.75, 3.05) is 7.11 Å². The number of benzene rings is 1. The SMILES string of the molecule is C#CCC(C)c1cc(F)ccc1OC. The quantitative estimate of drug-likeness (QED) is 0.669. The van der Waals surface area contributed by atoms with Gasteiger partial charge in [-0.25, -0.2) is 4.39 Å². The van der Waals surface area contributed by atoms with Crippen LogP contribution in [0.15, 0.2) is 18.2 Å². The maximum atomic E-state index is 13.0. The van der Waals surface area contributed by atoms with Gasteiger partial charge in [0.15, 0.2) is 0 Å². The third-order valence-corrected chi connectivity index (χ3v) is 2.15. The third-order valence-electron chi connectivity index (χ3n) is 2.15. The van der Waals surface area contributed by atoms with Crippen LogP contribution in [0.1, 0.15) is 24.8 Å². The number of halogens is 1. The van der Waals surface area contributed by atoms with Crippen LogP contribution >= 0.6 is 0 Å². The Bertz CT molecular complexity index is 352. The van der Waals surface area contributed by atoms with E-state index in [1.54, 1.807) is 13.2 Å². The number of hydrogen-bond donors (Lipinski definition) is 0. The van der Waals surface area contributed by atoms with E-state index in [-0.39, 0.29) is 11.7 Å². The molecule has 0 bridgehead atoms. The lowest BCUT2D eigenvalue weighted by molar-refractivity contribution is 0.405. The number of methoxy groups -OCH3 is 1. The molecule has 0 amide bonds. The van der Waals surface area contributed by atoms with E-state index in [1.165, 1.54) is 12.1 Å². The summed E-state index contributed by atoms with van der Waals surface area (Å²) < 4.78 is 18.1.